The van der Waals surface area contributed by atoms with E-state index in [2.05, 4.69) is 22.5 Å². The maximum absolute atomic E-state index is 14.5. The Hall–Kier alpha value is -2.50. The van der Waals surface area contributed by atoms with Crippen molar-refractivity contribution in [1.29, 1.82) is 0 Å². The summed E-state index contributed by atoms with van der Waals surface area (Å²) in [5.41, 5.74) is 2.72. The minimum Gasteiger partial charge on any atom is -0.378 e. The molecule has 1 atom stereocenters. The lowest BCUT2D eigenvalue weighted by atomic mass is 9.98. The number of aryl methyl sites for hydroxylation is 1. The fourth-order valence-electron chi connectivity index (χ4n) is 4.36. The third-order valence-corrected chi connectivity index (χ3v) is 6.10. The molecule has 2 heterocycles. The number of nitrogens with one attached hydrogen (secondary N) is 1. The molecule has 0 amide bonds. The minimum atomic E-state index is -2.83. The van der Waals surface area contributed by atoms with Gasteiger partial charge in [-0.25, -0.2) is 13.2 Å². The molecule has 1 aromatic heterocycles. The number of alkyl halides is 2. The number of rotatable bonds is 8. The van der Waals surface area contributed by atoms with E-state index in [9.17, 15) is 13.2 Å². The van der Waals surface area contributed by atoms with Crippen molar-refractivity contribution < 1.29 is 13.2 Å². The van der Waals surface area contributed by atoms with Crippen molar-refractivity contribution in [3.05, 3.63) is 70.9 Å². The van der Waals surface area contributed by atoms with Crippen molar-refractivity contribution in [1.82, 2.24) is 9.88 Å². The van der Waals surface area contributed by atoms with Crippen LogP contribution in [-0.2, 0) is 6.42 Å². The fraction of sp³-hybridized carbons (Fsp3) is 0.458. The van der Waals surface area contributed by atoms with E-state index in [0.717, 1.165) is 49.1 Å². The van der Waals surface area contributed by atoms with Crippen LogP contribution in [0.1, 0.15) is 61.2 Å². The van der Waals surface area contributed by atoms with Crippen LogP contribution in [0.15, 0.2) is 42.6 Å². The van der Waals surface area contributed by atoms with Gasteiger partial charge < -0.3 is 10.2 Å². The van der Waals surface area contributed by atoms with Gasteiger partial charge in [0.1, 0.15) is 5.82 Å². The zero-order valence-electron chi connectivity index (χ0n) is 17.5. The first-order chi connectivity index (χ1) is 14.3. The molecule has 1 aliphatic carbocycles. The number of benzene rings is 1. The molecule has 0 unspecified atom stereocenters. The molecule has 0 bridgehead atoms. The van der Waals surface area contributed by atoms with Crippen LogP contribution in [0.2, 0.25) is 0 Å². The number of hydrogen-bond donors (Lipinski definition) is 1. The van der Waals surface area contributed by atoms with E-state index < -0.39 is 23.8 Å². The summed E-state index contributed by atoms with van der Waals surface area (Å²) in [6.07, 6.45) is 6.03. The quantitative estimate of drug-likeness (QED) is 0.558. The van der Waals surface area contributed by atoms with Gasteiger partial charge in [-0.05, 0) is 63.3 Å². The first kappa shape index (κ1) is 20.8. The zero-order chi connectivity index (χ0) is 21.3. The summed E-state index contributed by atoms with van der Waals surface area (Å²) >= 11 is 0. The lowest BCUT2D eigenvalue weighted by molar-refractivity contribution is 0.146. The van der Waals surface area contributed by atoms with E-state index in [-0.39, 0.29) is 11.0 Å². The number of halogens is 3. The van der Waals surface area contributed by atoms with Crippen molar-refractivity contribution in [2.75, 3.05) is 18.4 Å². The minimum absolute atomic E-state index is 0.239. The summed E-state index contributed by atoms with van der Waals surface area (Å²) in [6.45, 7) is 5.88. The summed E-state index contributed by atoms with van der Waals surface area (Å²) in [4.78, 5) is 7.11. The maximum Gasteiger partial charge on any atom is 0.266 e. The van der Waals surface area contributed by atoms with E-state index in [0.29, 0.717) is 0 Å². The lowest BCUT2D eigenvalue weighted by Gasteiger charge is -2.24. The van der Waals surface area contributed by atoms with Crippen molar-refractivity contribution in [2.45, 2.75) is 52.0 Å². The van der Waals surface area contributed by atoms with Crippen LogP contribution in [0.25, 0.3) is 0 Å². The van der Waals surface area contributed by atoms with Crippen LogP contribution in [0, 0.1) is 18.2 Å². The van der Waals surface area contributed by atoms with Gasteiger partial charge in [0.25, 0.3) is 6.43 Å². The van der Waals surface area contributed by atoms with Crippen molar-refractivity contribution in [2.24, 2.45) is 5.41 Å². The van der Waals surface area contributed by atoms with Crippen molar-refractivity contribution >= 4 is 5.69 Å². The van der Waals surface area contributed by atoms with E-state index in [1.807, 2.05) is 19.1 Å². The third kappa shape index (κ3) is 4.63. The predicted molar refractivity (Wildman–Crippen MR) is 113 cm³/mol. The Morgan fingerprint density at radius 2 is 1.97 bits per heavy atom. The van der Waals surface area contributed by atoms with Gasteiger partial charge >= 0.3 is 0 Å². The zero-order valence-corrected chi connectivity index (χ0v) is 17.5. The lowest BCUT2D eigenvalue weighted by Crippen LogP contribution is -2.26. The summed E-state index contributed by atoms with van der Waals surface area (Å²) in [6, 6.07) is 7.65. The Morgan fingerprint density at radius 1 is 1.20 bits per heavy atom. The molecule has 0 saturated heterocycles. The molecular formula is C24H28F3N3. The number of nitrogens with zero attached hydrogens (tertiary/aromatic N) is 2. The van der Waals surface area contributed by atoms with E-state index in [4.69, 9.17) is 4.98 Å². The molecule has 1 aromatic carbocycles. The van der Waals surface area contributed by atoms with Gasteiger partial charge in [0, 0.05) is 35.7 Å². The van der Waals surface area contributed by atoms with Gasteiger partial charge in [-0.15, -0.1) is 0 Å². The van der Waals surface area contributed by atoms with E-state index in [1.165, 1.54) is 18.9 Å². The number of hydrogen-bond acceptors (Lipinski definition) is 3. The topological polar surface area (TPSA) is 28.2 Å². The Balaban J connectivity index is 1.48. The van der Waals surface area contributed by atoms with Crippen molar-refractivity contribution in [3.63, 3.8) is 0 Å². The molecular weight excluding hydrogens is 387 g/mol. The summed E-state index contributed by atoms with van der Waals surface area (Å²) in [7, 11) is 0. The number of pyridine rings is 1. The molecule has 4 rings (SSSR count). The third-order valence-electron chi connectivity index (χ3n) is 6.10. The predicted octanol–water partition coefficient (Wildman–Crippen LogP) is 6.18. The highest BCUT2D eigenvalue weighted by molar-refractivity contribution is 5.48. The molecule has 30 heavy (non-hydrogen) atoms. The van der Waals surface area contributed by atoms with E-state index in [1.54, 1.807) is 13.0 Å². The average molecular weight is 416 g/mol. The van der Waals surface area contributed by atoms with Gasteiger partial charge in [0.05, 0.1) is 11.6 Å². The van der Waals surface area contributed by atoms with E-state index >= 15 is 0 Å². The molecule has 1 saturated carbocycles. The monoisotopic (exact) mass is 415 g/mol. The van der Waals surface area contributed by atoms with Crippen LogP contribution in [0.5, 0.6) is 0 Å². The normalized spacial score (nSPS) is 18.1. The van der Waals surface area contributed by atoms with Crippen molar-refractivity contribution in [3.8, 4) is 0 Å². The molecule has 3 nitrogen and oxygen atoms in total. The smallest absolute Gasteiger partial charge is 0.266 e. The second kappa shape index (κ2) is 8.32. The number of anilines is 1. The van der Waals surface area contributed by atoms with Gasteiger partial charge in [0.2, 0.25) is 0 Å². The molecule has 0 radical (unpaired) electrons. The summed E-state index contributed by atoms with van der Waals surface area (Å²) < 4.78 is 40.6. The summed E-state index contributed by atoms with van der Waals surface area (Å²) in [5, 5.41) is 3.28. The maximum atomic E-state index is 14.5. The van der Waals surface area contributed by atoms with Crippen LogP contribution in [0.4, 0.5) is 18.9 Å². The van der Waals surface area contributed by atoms with Gasteiger partial charge in [-0.2, -0.15) is 0 Å². The standard InChI is InChI=1S/C24H28F3N3/c1-16-12-18(29-17(2)20-6-5-7-21(22(20)25)23(26)27)13-19(28-16)14-24(8-9-24)15-30-10-3-4-11-30/h3,5-7,10,12-13,17,23H,4,8-9,11,14-15H2,1-2H3,(H,28,29)/t17-/m1/s1. The Morgan fingerprint density at radius 3 is 2.63 bits per heavy atom. The van der Waals surface area contributed by atoms with Crippen LogP contribution in [0.3, 0.4) is 0 Å². The highest BCUT2D eigenvalue weighted by atomic mass is 19.3. The molecule has 1 fully saturated rings. The first-order valence-corrected chi connectivity index (χ1v) is 10.6. The van der Waals surface area contributed by atoms with Gasteiger partial charge in [0.15, 0.2) is 0 Å². The molecule has 2 aliphatic rings. The first-order valence-electron chi connectivity index (χ1n) is 10.6. The molecule has 1 aliphatic heterocycles. The van der Waals surface area contributed by atoms with Crippen LogP contribution >= 0.6 is 0 Å². The average Bonchev–Trinajstić information content (AvgIpc) is 3.21. The molecule has 1 N–H and O–H groups in total. The van der Waals surface area contributed by atoms with Gasteiger partial charge in [-0.3, -0.25) is 4.98 Å². The highest BCUT2D eigenvalue weighted by Gasteiger charge is 2.44. The highest BCUT2D eigenvalue weighted by Crippen LogP contribution is 2.49. The fourth-order valence-corrected chi connectivity index (χ4v) is 4.36. The Labute approximate surface area is 176 Å². The number of aromatic nitrogens is 1. The Kier molecular flexibility index (Phi) is 5.76. The Bertz CT molecular complexity index is 937. The molecule has 6 heteroatoms. The molecule has 160 valence electrons. The second-order valence-electron chi connectivity index (χ2n) is 8.73. The van der Waals surface area contributed by atoms with Crippen LogP contribution in [-0.4, -0.2) is 23.0 Å². The van der Waals surface area contributed by atoms with Crippen LogP contribution < -0.4 is 5.32 Å². The summed E-state index contributed by atoms with van der Waals surface area (Å²) in [5.74, 6) is -0.839. The van der Waals surface area contributed by atoms with Gasteiger partial charge in [-0.1, -0.05) is 24.3 Å². The second-order valence-corrected chi connectivity index (χ2v) is 8.73. The molecule has 2 aromatic rings. The molecule has 0 spiro atoms. The largest absolute Gasteiger partial charge is 0.378 e. The SMILES string of the molecule is Cc1cc(N[C@H](C)c2cccc(C(F)F)c2F)cc(CC2(CN3C=CCC3)CC2)n1.